The first kappa shape index (κ1) is 12.5. The largest absolute Gasteiger partial charge is 0.379 e. The van der Waals surface area contributed by atoms with E-state index in [9.17, 15) is 10.1 Å². The van der Waals surface area contributed by atoms with Crippen LogP contribution in [0.5, 0.6) is 0 Å². The number of nitro groups is 1. The fraction of sp³-hybridized carbons (Fsp3) is 0.500. The van der Waals surface area contributed by atoms with E-state index in [0.717, 1.165) is 31.4 Å². The van der Waals surface area contributed by atoms with Gasteiger partial charge in [-0.25, -0.2) is 0 Å². The Labute approximate surface area is 95.8 Å². The van der Waals surface area contributed by atoms with Crippen LogP contribution in [0.1, 0.15) is 31.7 Å². The van der Waals surface area contributed by atoms with Gasteiger partial charge in [-0.2, -0.15) is 0 Å². The molecule has 0 aromatic heterocycles. The van der Waals surface area contributed by atoms with Gasteiger partial charge < -0.3 is 5.32 Å². The number of anilines is 1. The summed E-state index contributed by atoms with van der Waals surface area (Å²) in [5, 5.41) is 13.9. The molecule has 0 aliphatic carbocycles. The van der Waals surface area contributed by atoms with Gasteiger partial charge in [0, 0.05) is 12.6 Å². The Morgan fingerprint density at radius 2 is 2.12 bits per heavy atom. The predicted molar refractivity (Wildman–Crippen MR) is 65.8 cm³/mol. The van der Waals surface area contributed by atoms with Crippen molar-refractivity contribution in [3.05, 3.63) is 33.9 Å². The number of hydrogen-bond acceptors (Lipinski definition) is 3. The van der Waals surface area contributed by atoms with Gasteiger partial charge in [0.1, 0.15) is 5.69 Å². The van der Waals surface area contributed by atoms with E-state index in [0.29, 0.717) is 5.69 Å². The molecule has 4 heteroatoms. The van der Waals surface area contributed by atoms with Crippen molar-refractivity contribution < 1.29 is 4.92 Å². The van der Waals surface area contributed by atoms with Crippen molar-refractivity contribution in [3.8, 4) is 0 Å². The summed E-state index contributed by atoms with van der Waals surface area (Å²) in [6, 6.07) is 5.26. The fourth-order valence-corrected chi connectivity index (χ4v) is 1.54. The standard InChI is InChI=1S/C12H18N2O2/c1-3-4-5-8-13-11-7-6-10(2)9-12(11)14(15)16/h6-7,9,13H,3-5,8H2,1-2H3. The van der Waals surface area contributed by atoms with Crippen LogP contribution in [-0.2, 0) is 0 Å². The molecule has 0 saturated heterocycles. The molecule has 0 unspecified atom stereocenters. The van der Waals surface area contributed by atoms with Crippen LogP contribution >= 0.6 is 0 Å². The molecule has 1 aromatic carbocycles. The number of hydrogen-bond donors (Lipinski definition) is 1. The van der Waals surface area contributed by atoms with Crippen molar-refractivity contribution in [2.45, 2.75) is 33.1 Å². The monoisotopic (exact) mass is 222 g/mol. The van der Waals surface area contributed by atoms with E-state index < -0.39 is 0 Å². The lowest BCUT2D eigenvalue weighted by atomic mass is 10.2. The second-order valence-corrected chi connectivity index (χ2v) is 3.91. The molecule has 0 spiro atoms. The minimum atomic E-state index is -0.338. The predicted octanol–water partition coefficient (Wildman–Crippen LogP) is 3.51. The van der Waals surface area contributed by atoms with Crippen molar-refractivity contribution in [1.29, 1.82) is 0 Å². The molecule has 0 atom stereocenters. The average molecular weight is 222 g/mol. The van der Waals surface area contributed by atoms with Crippen LogP contribution in [0.2, 0.25) is 0 Å². The minimum Gasteiger partial charge on any atom is -0.379 e. The molecule has 88 valence electrons. The maximum Gasteiger partial charge on any atom is 0.292 e. The number of unbranched alkanes of at least 4 members (excludes halogenated alkanes) is 2. The van der Waals surface area contributed by atoms with E-state index in [1.807, 2.05) is 13.0 Å². The Morgan fingerprint density at radius 3 is 2.75 bits per heavy atom. The molecule has 0 radical (unpaired) electrons. The van der Waals surface area contributed by atoms with Gasteiger partial charge >= 0.3 is 0 Å². The molecule has 0 aliphatic heterocycles. The fourth-order valence-electron chi connectivity index (χ4n) is 1.54. The van der Waals surface area contributed by atoms with Crippen molar-refractivity contribution in [2.24, 2.45) is 0 Å². The van der Waals surface area contributed by atoms with Gasteiger partial charge in [0.2, 0.25) is 0 Å². The van der Waals surface area contributed by atoms with Gasteiger partial charge in [0.15, 0.2) is 0 Å². The Kier molecular flexibility index (Phi) is 4.76. The zero-order valence-electron chi connectivity index (χ0n) is 9.82. The van der Waals surface area contributed by atoms with Gasteiger partial charge in [0.05, 0.1) is 4.92 Å². The number of benzene rings is 1. The smallest absolute Gasteiger partial charge is 0.292 e. The number of rotatable bonds is 6. The Morgan fingerprint density at radius 1 is 1.38 bits per heavy atom. The molecule has 0 amide bonds. The van der Waals surface area contributed by atoms with Gasteiger partial charge in [-0.05, 0) is 25.0 Å². The molecule has 16 heavy (non-hydrogen) atoms. The van der Waals surface area contributed by atoms with E-state index in [1.54, 1.807) is 12.1 Å². The summed E-state index contributed by atoms with van der Waals surface area (Å²) in [4.78, 5) is 10.5. The van der Waals surface area contributed by atoms with Gasteiger partial charge in [-0.15, -0.1) is 0 Å². The van der Waals surface area contributed by atoms with Crippen molar-refractivity contribution >= 4 is 11.4 Å². The van der Waals surface area contributed by atoms with E-state index >= 15 is 0 Å². The number of nitrogens with zero attached hydrogens (tertiary/aromatic N) is 1. The molecule has 0 bridgehead atoms. The van der Waals surface area contributed by atoms with Crippen LogP contribution in [0.15, 0.2) is 18.2 Å². The van der Waals surface area contributed by atoms with Gasteiger partial charge in [-0.1, -0.05) is 25.8 Å². The topological polar surface area (TPSA) is 55.2 Å². The van der Waals surface area contributed by atoms with Crippen LogP contribution in [0, 0.1) is 17.0 Å². The zero-order valence-corrected chi connectivity index (χ0v) is 9.82. The van der Waals surface area contributed by atoms with Crippen molar-refractivity contribution in [3.63, 3.8) is 0 Å². The quantitative estimate of drug-likeness (QED) is 0.455. The molecule has 1 rings (SSSR count). The molecule has 1 N–H and O–H groups in total. The molecule has 0 heterocycles. The summed E-state index contributed by atoms with van der Waals surface area (Å²) in [6.07, 6.45) is 3.34. The summed E-state index contributed by atoms with van der Waals surface area (Å²) in [6.45, 7) is 4.78. The summed E-state index contributed by atoms with van der Waals surface area (Å²) >= 11 is 0. The summed E-state index contributed by atoms with van der Waals surface area (Å²) in [5.41, 5.74) is 1.69. The van der Waals surface area contributed by atoms with Crippen molar-refractivity contribution in [1.82, 2.24) is 0 Å². The lowest BCUT2D eigenvalue weighted by Crippen LogP contribution is -2.04. The highest BCUT2D eigenvalue weighted by Gasteiger charge is 2.12. The van der Waals surface area contributed by atoms with E-state index in [4.69, 9.17) is 0 Å². The molecule has 0 fully saturated rings. The first-order chi connectivity index (χ1) is 7.65. The molecule has 0 saturated carbocycles. The zero-order chi connectivity index (χ0) is 12.0. The van der Waals surface area contributed by atoms with Crippen molar-refractivity contribution in [2.75, 3.05) is 11.9 Å². The number of aryl methyl sites for hydroxylation is 1. The second kappa shape index (κ2) is 6.10. The third-order valence-corrected chi connectivity index (χ3v) is 2.45. The first-order valence-corrected chi connectivity index (χ1v) is 5.64. The molecular weight excluding hydrogens is 204 g/mol. The summed E-state index contributed by atoms with van der Waals surface area (Å²) in [5.74, 6) is 0. The normalized spacial score (nSPS) is 10.1. The Hall–Kier alpha value is -1.58. The van der Waals surface area contributed by atoms with Crippen LogP contribution in [0.4, 0.5) is 11.4 Å². The van der Waals surface area contributed by atoms with Crippen LogP contribution in [-0.4, -0.2) is 11.5 Å². The summed E-state index contributed by atoms with van der Waals surface area (Å²) in [7, 11) is 0. The third kappa shape index (κ3) is 3.53. The minimum absolute atomic E-state index is 0.163. The van der Waals surface area contributed by atoms with E-state index in [-0.39, 0.29) is 10.6 Å². The average Bonchev–Trinajstić information content (AvgIpc) is 2.26. The van der Waals surface area contributed by atoms with Crippen LogP contribution in [0.3, 0.4) is 0 Å². The molecule has 0 aliphatic rings. The highest BCUT2D eigenvalue weighted by Crippen LogP contribution is 2.25. The van der Waals surface area contributed by atoms with Gasteiger partial charge in [0.25, 0.3) is 5.69 Å². The molecular formula is C12H18N2O2. The SMILES string of the molecule is CCCCCNc1ccc(C)cc1[N+](=O)[O-]. The van der Waals surface area contributed by atoms with Crippen LogP contribution in [0.25, 0.3) is 0 Å². The Balaban J connectivity index is 2.67. The first-order valence-electron chi connectivity index (χ1n) is 5.64. The third-order valence-electron chi connectivity index (χ3n) is 2.45. The lowest BCUT2D eigenvalue weighted by Gasteiger charge is -2.07. The summed E-state index contributed by atoms with van der Waals surface area (Å²) < 4.78 is 0. The Bertz CT molecular complexity index is 364. The van der Waals surface area contributed by atoms with E-state index in [2.05, 4.69) is 12.2 Å². The van der Waals surface area contributed by atoms with Gasteiger partial charge in [-0.3, -0.25) is 10.1 Å². The number of nitrogens with one attached hydrogen (secondary N) is 1. The lowest BCUT2D eigenvalue weighted by molar-refractivity contribution is -0.384. The number of nitro benzene ring substituents is 1. The highest BCUT2D eigenvalue weighted by atomic mass is 16.6. The molecule has 1 aromatic rings. The maximum atomic E-state index is 10.8. The highest BCUT2D eigenvalue weighted by molar-refractivity contribution is 5.62. The van der Waals surface area contributed by atoms with Crippen LogP contribution < -0.4 is 5.32 Å². The second-order valence-electron chi connectivity index (χ2n) is 3.91. The maximum absolute atomic E-state index is 10.8. The van der Waals surface area contributed by atoms with E-state index in [1.165, 1.54) is 0 Å². The molecule has 4 nitrogen and oxygen atoms in total.